The van der Waals surface area contributed by atoms with Crippen molar-refractivity contribution in [1.29, 1.82) is 0 Å². The van der Waals surface area contributed by atoms with Crippen molar-refractivity contribution >= 4 is 11.5 Å². The molecule has 1 heterocycles. The molecule has 2 rings (SSSR count). The van der Waals surface area contributed by atoms with E-state index in [1.54, 1.807) is 12.3 Å². The van der Waals surface area contributed by atoms with Gasteiger partial charge >= 0.3 is 0 Å². The smallest absolute Gasteiger partial charge is 0.159 e. The Balaban J connectivity index is 1.97. The molecule has 2 N–H and O–H groups in total. The van der Waals surface area contributed by atoms with Crippen LogP contribution in [-0.2, 0) is 6.54 Å². The summed E-state index contributed by atoms with van der Waals surface area (Å²) in [7, 11) is 0. The molecule has 0 amide bonds. The first-order valence-corrected chi connectivity index (χ1v) is 6.56. The minimum absolute atomic E-state index is 0.425. The molecule has 0 aliphatic carbocycles. The van der Waals surface area contributed by atoms with Crippen molar-refractivity contribution in [2.45, 2.75) is 19.9 Å². The predicted molar refractivity (Wildman–Crippen MR) is 76.7 cm³/mol. The van der Waals surface area contributed by atoms with E-state index in [0.29, 0.717) is 12.1 Å². The van der Waals surface area contributed by atoms with Crippen LogP contribution in [0, 0.1) is 11.6 Å². The van der Waals surface area contributed by atoms with E-state index in [0.717, 1.165) is 30.5 Å². The van der Waals surface area contributed by atoms with Crippen molar-refractivity contribution in [3.8, 4) is 0 Å². The number of rotatable bonds is 6. The summed E-state index contributed by atoms with van der Waals surface area (Å²) in [5.41, 5.74) is 1.56. The third-order valence-electron chi connectivity index (χ3n) is 2.80. The summed E-state index contributed by atoms with van der Waals surface area (Å²) in [6.45, 7) is 3.37. The minimum Gasteiger partial charge on any atom is -0.381 e. The lowest BCUT2D eigenvalue weighted by molar-refractivity contribution is 0.507. The van der Waals surface area contributed by atoms with Gasteiger partial charge in [-0.15, -0.1) is 0 Å². The zero-order valence-corrected chi connectivity index (χ0v) is 11.3. The molecule has 0 bridgehead atoms. The number of benzene rings is 1. The van der Waals surface area contributed by atoms with Crippen LogP contribution < -0.4 is 10.6 Å². The molecular weight excluding hydrogens is 260 g/mol. The lowest BCUT2D eigenvalue weighted by Crippen LogP contribution is -2.04. The molecule has 0 aliphatic heterocycles. The van der Waals surface area contributed by atoms with E-state index in [-0.39, 0.29) is 0 Å². The Bertz CT molecular complexity index is 573. The first-order chi connectivity index (χ1) is 9.69. The summed E-state index contributed by atoms with van der Waals surface area (Å²) in [6.07, 6.45) is 2.72. The van der Waals surface area contributed by atoms with Crippen LogP contribution in [0.2, 0.25) is 0 Å². The van der Waals surface area contributed by atoms with Crippen LogP contribution in [0.25, 0.3) is 0 Å². The highest BCUT2D eigenvalue weighted by Crippen LogP contribution is 2.14. The Labute approximate surface area is 117 Å². The molecular formula is C15H17F2N3. The van der Waals surface area contributed by atoms with Crippen LogP contribution in [0.5, 0.6) is 0 Å². The number of anilines is 2. The van der Waals surface area contributed by atoms with Gasteiger partial charge in [-0.05, 0) is 30.2 Å². The van der Waals surface area contributed by atoms with Crippen LogP contribution in [0.15, 0.2) is 36.5 Å². The lowest BCUT2D eigenvalue weighted by atomic mass is 10.2. The zero-order chi connectivity index (χ0) is 14.4. The molecule has 5 heteroatoms. The summed E-state index contributed by atoms with van der Waals surface area (Å²) < 4.78 is 25.9. The van der Waals surface area contributed by atoms with Gasteiger partial charge in [0.05, 0.1) is 0 Å². The van der Waals surface area contributed by atoms with Gasteiger partial charge in [0.15, 0.2) is 11.6 Å². The van der Waals surface area contributed by atoms with Gasteiger partial charge in [-0.25, -0.2) is 13.8 Å². The molecule has 0 unspecified atom stereocenters. The third kappa shape index (κ3) is 3.91. The zero-order valence-electron chi connectivity index (χ0n) is 11.3. The fourth-order valence-electron chi connectivity index (χ4n) is 1.74. The molecule has 0 radical (unpaired) electrons. The van der Waals surface area contributed by atoms with Crippen LogP contribution in [-0.4, -0.2) is 11.5 Å². The summed E-state index contributed by atoms with van der Waals surface area (Å²) in [5.74, 6) is -0.866. The second kappa shape index (κ2) is 6.84. The van der Waals surface area contributed by atoms with E-state index in [1.807, 2.05) is 12.1 Å². The molecule has 0 saturated carbocycles. The van der Waals surface area contributed by atoms with Crippen molar-refractivity contribution in [2.24, 2.45) is 0 Å². The molecule has 1 aromatic carbocycles. The van der Waals surface area contributed by atoms with Gasteiger partial charge in [-0.3, -0.25) is 0 Å². The first kappa shape index (κ1) is 14.2. The van der Waals surface area contributed by atoms with Crippen molar-refractivity contribution in [2.75, 3.05) is 17.2 Å². The van der Waals surface area contributed by atoms with Gasteiger partial charge in [0.2, 0.25) is 0 Å². The van der Waals surface area contributed by atoms with Gasteiger partial charge in [-0.1, -0.05) is 13.0 Å². The van der Waals surface area contributed by atoms with Gasteiger partial charge in [0.1, 0.15) is 5.82 Å². The maximum absolute atomic E-state index is 13.1. The fourth-order valence-corrected chi connectivity index (χ4v) is 1.74. The number of nitrogens with one attached hydrogen (secondary N) is 2. The molecule has 2 aromatic rings. The van der Waals surface area contributed by atoms with Gasteiger partial charge in [-0.2, -0.15) is 0 Å². The van der Waals surface area contributed by atoms with Crippen LogP contribution in [0.4, 0.5) is 20.3 Å². The fraction of sp³-hybridized carbons (Fsp3) is 0.267. The highest BCUT2D eigenvalue weighted by molar-refractivity contribution is 5.52. The first-order valence-electron chi connectivity index (χ1n) is 6.56. The third-order valence-corrected chi connectivity index (χ3v) is 2.80. The second-order valence-electron chi connectivity index (χ2n) is 4.46. The van der Waals surface area contributed by atoms with Crippen molar-refractivity contribution in [3.05, 3.63) is 53.7 Å². The summed E-state index contributed by atoms with van der Waals surface area (Å²) in [4.78, 5) is 4.20. The van der Waals surface area contributed by atoms with E-state index < -0.39 is 11.6 Å². The van der Waals surface area contributed by atoms with E-state index >= 15 is 0 Å². The van der Waals surface area contributed by atoms with E-state index in [9.17, 15) is 8.78 Å². The monoisotopic (exact) mass is 277 g/mol. The average molecular weight is 277 g/mol. The highest BCUT2D eigenvalue weighted by atomic mass is 19.2. The Morgan fingerprint density at radius 1 is 1.05 bits per heavy atom. The Morgan fingerprint density at radius 2 is 1.90 bits per heavy atom. The Kier molecular flexibility index (Phi) is 4.87. The summed E-state index contributed by atoms with van der Waals surface area (Å²) in [5, 5.41) is 6.34. The molecule has 0 atom stereocenters. The number of nitrogens with zero attached hydrogens (tertiary/aromatic N) is 1. The summed E-state index contributed by atoms with van der Waals surface area (Å²) in [6, 6.07) is 7.60. The van der Waals surface area contributed by atoms with Crippen LogP contribution >= 0.6 is 0 Å². The molecule has 0 saturated heterocycles. The lowest BCUT2D eigenvalue weighted by Gasteiger charge is -2.09. The minimum atomic E-state index is -0.830. The van der Waals surface area contributed by atoms with E-state index in [1.165, 1.54) is 6.07 Å². The number of aromatic nitrogens is 1. The van der Waals surface area contributed by atoms with Crippen molar-refractivity contribution < 1.29 is 8.78 Å². The normalized spacial score (nSPS) is 10.3. The highest BCUT2D eigenvalue weighted by Gasteiger charge is 2.02. The largest absolute Gasteiger partial charge is 0.381 e. The Morgan fingerprint density at radius 3 is 2.65 bits per heavy atom. The molecule has 0 fully saturated rings. The summed E-state index contributed by atoms with van der Waals surface area (Å²) >= 11 is 0. The topological polar surface area (TPSA) is 37.0 Å². The number of hydrogen-bond acceptors (Lipinski definition) is 3. The van der Waals surface area contributed by atoms with Gasteiger partial charge in [0.25, 0.3) is 0 Å². The molecule has 3 nitrogen and oxygen atoms in total. The van der Waals surface area contributed by atoms with Crippen LogP contribution in [0.1, 0.15) is 18.9 Å². The number of pyridine rings is 1. The molecule has 20 heavy (non-hydrogen) atoms. The molecule has 0 spiro atoms. The maximum atomic E-state index is 13.1. The SMILES string of the molecule is CCCNc1cc(NCc2ccc(F)c(F)c2)ccn1. The maximum Gasteiger partial charge on any atom is 0.159 e. The second-order valence-corrected chi connectivity index (χ2v) is 4.46. The number of hydrogen-bond donors (Lipinski definition) is 2. The van der Waals surface area contributed by atoms with E-state index in [2.05, 4.69) is 22.5 Å². The molecule has 106 valence electrons. The average Bonchev–Trinajstić information content (AvgIpc) is 2.47. The molecule has 1 aromatic heterocycles. The predicted octanol–water partition coefficient (Wildman–Crippen LogP) is 3.79. The standard InChI is InChI=1S/C15H17F2N3/c1-2-6-18-15-9-12(5-7-19-15)20-10-11-3-4-13(16)14(17)8-11/h3-5,7-9H,2,6,10H2,1H3,(H2,18,19,20). The van der Waals surface area contributed by atoms with Crippen molar-refractivity contribution in [3.63, 3.8) is 0 Å². The number of halogens is 2. The Hall–Kier alpha value is -2.17. The van der Waals surface area contributed by atoms with Crippen LogP contribution in [0.3, 0.4) is 0 Å². The van der Waals surface area contributed by atoms with Gasteiger partial charge < -0.3 is 10.6 Å². The van der Waals surface area contributed by atoms with Crippen molar-refractivity contribution in [1.82, 2.24) is 4.98 Å². The van der Waals surface area contributed by atoms with Gasteiger partial charge in [0, 0.05) is 31.0 Å². The van der Waals surface area contributed by atoms with E-state index in [4.69, 9.17) is 0 Å². The quantitative estimate of drug-likeness (QED) is 0.843. The molecule has 0 aliphatic rings.